The van der Waals surface area contributed by atoms with Crippen molar-refractivity contribution in [3.05, 3.63) is 48.0 Å². The van der Waals surface area contributed by atoms with Crippen LogP contribution in [-0.2, 0) is 9.84 Å². The van der Waals surface area contributed by atoms with Gasteiger partial charge in [0.1, 0.15) is 17.2 Å². The number of benzene rings is 2. The van der Waals surface area contributed by atoms with Crippen LogP contribution in [-0.4, -0.2) is 29.7 Å². The molecule has 1 unspecified atom stereocenters. The van der Waals surface area contributed by atoms with Crippen LogP contribution in [0, 0.1) is 0 Å². The number of hydrogen-bond donors (Lipinski definition) is 0. The molecular formula is C17H20O5S. The first-order valence-corrected chi connectivity index (χ1v) is 8.59. The van der Waals surface area contributed by atoms with E-state index in [1.165, 1.54) is 21.3 Å². The van der Waals surface area contributed by atoms with Gasteiger partial charge in [0.05, 0.1) is 37.0 Å². The maximum Gasteiger partial charge on any atom is 0.185 e. The first-order valence-electron chi connectivity index (χ1n) is 7.04. The fraction of sp³-hybridized carbons (Fsp3) is 0.294. The van der Waals surface area contributed by atoms with Crippen molar-refractivity contribution < 1.29 is 22.6 Å². The topological polar surface area (TPSA) is 61.8 Å². The smallest absolute Gasteiger partial charge is 0.185 e. The number of rotatable bonds is 6. The highest BCUT2D eigenvalue weighted by Gasteiger charge is 2.30. The van der Waals surface area contributed by atoms with E-state index in [0.29, 0.717) is 22.8 Å². The first-order chi connectivity index (χ1) is 11.0. The molecule has 0 spiro atoms. The molecule has 0 aliphatic heterocycles. The molecule has 2 aromatic rings. The zero-order valence-electron chi connectivity index (χ0n) is 13.6. The second kappa shape index (κ2) is 6.91. The third kappa shape index (κ3) is 3.27. The SMILES string of the molecule is COc1cc(OC)c(C(C)S(=O)(=O)c2ccccc2)c(OC)c1. The van der Waals surface area contributed by atoms with Crippen molar-refractivity contribution in [2.24, 2.45) is 0 Å². The van der Waals surface area contributed by atoms with Crippen LogP contribution >= 0.6 is 0 Å². The molecule has 124 valence electrons. The Bertz CT molecular complexity index is 744. The monoisotopic (exact) mass is 336 g/mol. The Morgan fingerprint density at radius 3 is 1.83 bits per heavy atom. The van der Waals surface area contributed by atoms with Crippen LogP contribution in [0.25, 0.3) is 0 Å². The zero-order chi connectivity index (χ0) is 17.0. The molecule has 2 aromatic carbocycles. The van der Waals surface area contributed by atoms with Crippen LogP contribution in [0.5, 0.6) is 17.2 Å². The van der Waals surface area contributed by atoms with Crippen molar-refractivity contribution in [2.45, 2.75) is 17.1 Å². The molecular weight excluding hydrogens is 316 g/mol. The van der Waals surface area contributed by atoms with E-state index in [9.17, 15) is 8.42 Å². The Labute approximate surface area is 136 Å². The third-order valence-corrected chi connectivity index (χ3v) is 5.79. The van der Waals surface area contributed by atoms with Crippen molar-refractivity contribution in [1.29, 1.82) is 0 Å². The van der Waals surface area contributed by atoms with Gasteiger partial charge < -0.3 is 14.2 Å². The van der Waals surface area contributed by atoms with Gasteiger partial charge in [-0.15, -0.1) is 0 Å². The predicted octanol–water partition coefficient (Wildman–Crippen LogP) is 3.25. The van der Waals surface area contributed by atoms with Gasteiger partial charge in [-0.2, -0.15) is 0 Å². The Morgan fingerprint density at radius 2 is 1.39 bits per heavy atom. The standard InChI is InChI=1S/C17H20O5S/c1-12(23(18,19)14-8-6-5-7-9-14)17-15(21-3)10-13(20-2)11-16(17)22-4/h5-12H,1-4H3. The van der Waals surface area contributed by atoms with E-state index in [-0.39, 0.29) is 4.90 Å². The molecule has 0 saturated heterocycles. The highest BCUT2D eigenvalue weighted by Crippen LogP contribution is 2.42. The van der Waals surface area contributed by atoms with E-state index < -0.39 is 15.1 Å². The Kier molecular flexibility index (Phi) is 5.15. The zero-order valence-corrected chi connectivity index (χ0v) is 14.4. The molecule has 5 nitrogen and oxygen atoms in total. The number of methoxy groups -OCH3 is 3. The summed E-state index contributed by atoms with van der Waals surface area (Å²) >= 11 is 0. The summed E-state index contributed by atoms with van der Waals surface area (Å²) in [6.45, 7) is 1.62. The van der Waals surface area contributed by atoms with Gasteiger partial charge in [-0.25, -0.2) is 8.42 Å². The lowest BCUT2D eigenvalue weighted by Crippen LogP contribution is -2.13. The molecule has 23 heavy (non-hydrogen) atoms. The minimum Gasteiger partial charge on any atom is -0.496 e. The van der Waals surface area contributed by atoms with Gasteiger partial charge in [0.2, 0.25) is 0 Å². The molecule has 0 amide bonds. The molecule has 0 heterocycles. The largest absolute Gasteiger partial charge is 0.496 e. The lowest BCUT2D eigenvalue weighted by molar-refractivity contribution is 0.368. The van der Waals surface area contributed by atoms with E-state index in [1.54, 1.807) is 49.4 Å². The molecule has 1 atom stereocenters. The quantitative estimate of drug-likeness (QED) is 0.810. The van der Waals surface area contributed by atoms with Crippen LogP contribution in [0.3, 0.4) is 0 Å². The normalized spacial score (nSPS) is 12.5. The van der Waals surface area contributed by atoms with E-state index in [4.69, 9.17) is 14.2 Å². The molecule has 0 saturated carbocycles. The molecule has 0 N–H and O–H groups in total. The Balaban J connectivity index is 2.61. The van der Waals surface area contributed by atoms with Gasteiger partial charge in [-0.3, -0.25) is 0 Å². The van der Waals surface area contributed by atoms with Crippen LogP contribution in [0.1, 0.15) is 17.7 Å². The fourth-order valence-electron chi connectivity index (χ4n) is 2.40. The van der Waals surface area contributed by atoms with Gasteiger partial charge in [0.25, 0.3) is 0 Å². The number of sulfone groups is 1. The van der Waals surface area contributed by atoms with E-state index in [1.807, 2.05) is 0 Å². The lowest BCUT2D eigenvalue weighted by Gasteiger charge is -2.20. The number of ether oxygens (including phenoxy) is 3. The average Bonchev–Trinajstić information content (AvgIpc) is 2.60. The minimum absolute atomic E-state index is 0.257. The maximum absolute atomic E-state index is 12.9. The molecule has 0 fully saturated rings. The molecule has 0 aromatic heterocycles. The van der Waals surface area contributed by atoms with Crippen molar-refractivity contribution in [1.82, 2.24) is 0 Å². The highest BCUT2D eigenvalue weighted by atomic mass is 32.2. The molecule has 0 bridgehead atoms. The Morgan fingerprint density at radius 1 is 0.870 bits per heavy atom. The summed E-state index contributed by atoms with van der Waals surface area (Å²) in [5.74, 6) is 1.35. The summed E-state index contributed by atoms with van der Waals surface area (Å²) < 4.78 is 41.7. The average molecular weight is 336 g/mol. The van der Waals surface area contributed by atoms with Crippen molar-refractivity contribution in [3.63, 3.8) is 0 Å². The second-order valence-corrected chi connectivity index (χ2v) is 7.21. The van der Waals surface area contributed by atoms with Gasteiger partial charge in [0, 0.05) is 12.1 Å². The Hall–Kier alpha value is -2.21. The van der Waals surface area contributed by atoms with Crippen LogP contribution in [0.4, 0.5) is 0 Å². The van der Waals surface area contributed by atoms with Crippen LogP contribution in [0.2, 0.25) is 0 Å². The van der Waals surface area contributed by atoms with E-state index in [2.05, 4.69) is 0 Å². The first kappa shape index (κ1) is 17.1. The van der Waals surface area contributed by atoms with E-state index >= 15 is 0 Å². The van der Waals surface area contributed by atoms with Crippen LogP contribution in [0.15, 0.2) is 47.4 Å². The lowest BCUT2D eigenvalue weighted by atomic mass is 10.1. The summed E-state index contributed by atoms with van der Waals surface area (Å²) in [4.78, 5) is 0.257. The molecule has 2 rings (SSSR count). The van der Waals surface area contributed by atoms with Gasteiger partial charge in [-0.1, -0.05) is 18.2 Å². The summed E-state index contributed by atoms with van der Waals surface area (Å²) in [5.41, 5.74) is 0.472. The van der Waals surface area contributed by atoms with Crippen molar-refractivity contribution >= 4 is 9.84 Å². The van der Waals surface area contributed by atoms with E-state index in [0.717, 1.165) is 0 Å². The van der Waals surface area contributed by atoms with Gasteiger partial charge in [-0.05, 0) is 19.1 Å². The maximum atomic E-state index is 12.9. The van der Waals surface area contributed by atoms with Gasteiger partial charge in [0.15, 0.2) is 9.84 Å². The predicted molar refractivity (Wildman–Crippen MR) is 88.1 cm³/mol. The molecule has 0 radical (unpaired) electrons. The van der Waals surface area contributed by atoms with Gasteiger partial charge >= 0.3 is 0 Å². The molecule has 0 aliphatic carbocycles. The summed E-state index contributed by atoms with van der Waals surface area (Å²) in [6.07, 6.45) is 0. The number of hydrogen-bond acceptors (Lipinski definition) is 5. The summed E-state index contributed by atoms with van der Waals surface area (Å²) in [7, 11) is 0.920. The third-order valence-electron chi connectivity index (χ3n) is 3.70. The van der Waals surface area contributed by atoms with Crippen LogP contribution < -0.4 is 14.2 Å². The fourth-order valence-corrected chi connectivity index (χ4v) is 3.89. The minimum atomic E-state index is -3.58. The summed E-state index contributed by atoms with van der Waals surface area (Å²) in [5, 5.41) is -0.833. The molecule has 6 heteroatoms. The highest BCUT2D eigenvalue weighted by molar-refractivity contribution is 7.91. The summed E-state index contributed by atoms with van der Waals surface area (Å²) in [6, 6.07) is 11.6. The van der Waals surface area contributed by atoms with Crippen molar-refractivity contribution in [3.8, 4) is 17.2 Å². The van der Waals surface area contributed by atoms with Crippen molar-refractivity contribution in [2.75, 3.05) is 21.3 Å². The molecule has 0 aliphatic rings. The second-order valence-electron chi connectivity index (χ2n) is 4.95.